The molecular weight excluding hydrogens is 318 g/mol. The van der Waals surface area contributed by atoms with Crippen LogP contribution in [0.15, 0.2) is 6.07 Å². The Morgan fingerprint density at radius 2 is 1.19 bits per heavy atom. The van der Waals surface area contributed by atoms with Crippen molar-refractivity contribution >= 4 is 0 Å². The lowest BCUT2D eigenvalue weighted by atomic mass is 9.75. The van der Waals surface area contributed by atoms with Crippen LogP contribution in [-0.2, 0) is 5.54 Å². The molecule has 2 aromatic carbocycles. The molecule has 0 saturated heterocycles. The Labute approximate surface area is 158 Å². The topological polar surface area (TPSA) is 46.2 Å². The molecule has 0 bridgehead atoms. The highest BCUT2D eigenvalue weighted by atomic mass is 16.3. The molecule has 0 amide bonds. The van der Waals surface area contributed by atoms with Gasteiger partial charge in [0, 0.05) is 5.92 Å². The number of benzene rings is 2. The van der Waals surface area contributed by atoms with Crippen LogP contribution in [0.1, 0.15) is 80.1 Å². The Balaban J connectivity index is 2.35. The highest BCUT2D eigenvalue weighted by Gasteiger charge is 2.51. The van der Waals surface area contributed by atoms with Crippen LogP contribution in [0.4, 0.5) is 0 Å². The predicted molar refractivity (Wildman–Crippen MR) is 110 cm³/mol. The zero-order valence-corrected chi connectivity index (χ0v) is 17.8. The molecule has 3 rings (SSSR count). The number of fused-ring (bicyclic) bond motifs is 1. The second-order valence-corrected chi connectivity index (χ2v) is 8.50. The van der Waals surface area contributed by atoms with Crippen LogP contribution in [0.3, 0.4) is 0 Å². The van der Waals surface area contributed by atoms with Crippen molar-refractivity contribution in [3.05, 3.63) is 67.3 Å². The van der Waals surface area contributed by atoms with Crippen molar-refractivity contribution in [2.75, 3.05) is 0 Å². The first-order chi connectivity index (χ1) is 12.0. The largest absolute Gasteiger partial charge is 0.386 e. The highest BCUT2D eigenvalue weighted by molar-refractivity contribution is 5.60. The van der Waals surface area contributed by atoms with Gasteiger partial charge in [-0.15, -0.1) is 0 Å². The molecule has 3 unspecified atom stereocenters. The van der Waals surface area contributed by atoms with Gasteiger partial charge < -0.3 is 10.8 Å². The van der Waals surface area contributed by atoms with Gasteiger partial charge in [-0.1, -0.05) is 13.0 Å². The highest BCUT2D eigenvalue weighted by Crippen LogP contribution is 2.56. The summed E-state index contributed by atoms with van der Waals surface area (Å²) in [6.07, 6.45) is -0.689. The van der Waals surface area contributed by atoms with E-state index in [1.165, 1.54) is 50.1 Å². The number of aliphatic hydroxyl groups is 1. The average molecular weight is 352 g/mol. The van der Waals surface area contributed by atoms with E-state index in [0.717, 1.165) is 11.1 Å². The fraction of sp³-hybridized carbons (Fsp3) is 0.500. The fourth-order valence-corrected chi connectivity index (χ4v) is 5.04. The summed E-state index contributed by atoms with van der Waals surface area (Å²) in [4.78, 5) is 0. The van der Waals surface area contributed by atoms with Crippen LogP contribution in [0.5, 0.6) is 0 Å². The third kappa shape index (κ3) is 2.18. The van der Waals surface area contributed by atoms with Gasteiger partial charge in [-0.3, -0.25) is 0 Å². The summed E-state index contributed by atoms with van der Waals surface area (Å²) in [5, 5.41) is 11.5. The van der Waals surface area contributed by atoms with Gasteiger partial charge in [0.1, 0.15) is 6.10 Å². The number of rotatable bonds is 1. The number of aryl methyl sites for hydroxylation is 1. The van der Waals surface area contributed by atoms with Crippen LogP contribution in [0.2, 0.25) is 0 Å². The Bertz CT molecular complexity index is 882. The third-order valence-corrected chi connectivity index (χ3v) is 7.61. The molecule has 2 nitrogen and oxygen atoms in total. The molecule has 2 aromatic rings. The van der Waals surface area contributed by atoms with Gasteiger partial charge in [0.2, 0.25) is 0 Å². The second-order valence-electron chi connectivity index (χ2n) is 8.50. The van der Waals surface area contributed by atoms with Crippen LogP contribution in [0.25, 0.3) is 0 Å². The van der Waals surface area contributed by atoms with E-state index in [1.54, 1.807) is 0 Å². The summed E-state index contributed by atoms with van der Waals surface area (Å²) >= 11 is 0. The molecule has 0 aromatic heterocycles. The van der Waals surface area contributed by atoms with E-state index >= 15 is 0 Å². The van der Waals surface area contributed by atoms with Gasteiger partial charge in [0.15, 0.2) is 0 Å². The van der Waals surface area contributed by atoms with E-state index in [4.69, 9.17) is 5.73 Å². The molecule has 0 radical (unpaired) electrons. The summed E-state index contributed by atoms with van der Waals surface area (Å²) in [6.45, 7) is 19.4. The zero-order chi connectivity index (χ0) is 19.7. The zero-order valence-electron chi connectivity index (χ0n) is 17.8. The first-order valence-corrected chi connectivity index (χ1v) is 9.61. The molecule has 0 aliphatic heterocycles. The normalized spacial score (nSPS) is 24.9. The standard InChI is InChI=1S/C24H33NO/c1-11-10-20(16(6)13(3)12(11)2)24(25)19(9)21-17(7)14(4)15(5)18(8)22(21)23(24)26/h10,19,23,26H,25H2,1-9H3. The Morgan fingerprint density at radius 1 is 0.731 bits per heavy atom. The number of nitrogens with two attached hydrogens (primary N) is 1. The summed E-state index contributed by atoms with van der Waals surface area (Å²) in [6, 6.07) is 2.20. The van der Waals surface area contributed by atoms with Crippen molar-refractivity contribution in [2.24, 2.45) is 5.73 Å². The van der Waals surface area contributed by atoms with Crippen molar-refractivity contribution in [1.29, 1.82) is 0 Å². The molecule has 26 heavy (non-hydrogen) atoms. The van der Waals surface area contributed by atoms with E-state index in [0.29, 0.717) is 0 Å². The van der Waals surface area contributed by atoms with Crippen LogP contribution >= 0.6 is 0 Å². The van der Waals surface area contributed by atoms with E-state index in [2.05, 4.69) is 68.4 Å². The van der Waals surface area contributed by atoms with Crippen LogP contribution in [-0.4, -0.2) is 5.11 Å². The lowest BCUT2D eigenvalue weighted by molar-refractivity contribution is 0.0852. The Morgan fingerprint density at radius 3 is 1.73 bits per heavy atom. The molecule has 0 saturated carbocycles. The monoisotopic (exact) mass is 351 g/mol. The minimum atomic E-state index is -0.800. The maximum Gasteiger partial charge on any atom is 0.102 e. The lowest BCUT2D eigenvalue weighted by Gasteiger charge is -2.36. The third-order valence-electron chi connectivity index (χ3n) is 7.61. The molecule has 3 atom stereocenters. The van der Waals surface area contributed by atoms with Crippen LogP contribution < -0.4 is 5.73 Å². The van der Waals surface area contributed by atoms with Gasteiger partial charge in [-0.25, -0.2) is 0 Å². The Kier molecular flexibility index (Phi) is 4.37. The van der Waals surface area contributed by atoms with Crippen molar-refractivity contribution in [2.45, 2.75) is 79.9 Å². The Hall–Kier alpha value is -1.64. The maximum atomic E-state index is 11.5. The van der Waals surface area contributed by atoms with Gasteiger partial charge in [-0.05, 0) is 117 Å². The SMILES string of the molecule is Cc1cc(C2(N)C(C)c3c(C)c(C)c(C)c(C)c3C2O)c(C)c(C)c1C. The molecule has 2 heteroatoms. The molecule has 1 aliphatic carbocycles. The van der Waals surface area contributed by atoms with E-state index in [9.17, 15) is 5.11 Å². The first-order valence-electron chi connectivity index (χ1n) is 9.61. The molecule has 3 N–H and O–H groups in total. The second kappa shape index (κ2) is 5.94. The first kappa shape index (κ1) is 19.1. The summed E-state index contributed by atoms with van der Waals surface area (Å²) in [5.41, 5.74) is 19.8. The van der Waals surface area contributed by atoms with Crippen molar-refractivity contribution in [3.63, 3.8) is 0 Å². The van der Waals surface area contributed by atoms with Gasteiger partial charge in [-0.2, -0.15) is 0 Å². The van der Waals surface area contributed by atoms with Crippen LogP contribution in [0, 0.1) is 55.4 Å². The number of hydrogen-bond donors (Lipinski definition) is 2. The number of aliphatic hydroxyl groups excluding tert-OH is 1. The molecule has 140 valence electrons. The lowest BCUT2D eigenvalue weighted by Crippen LogP contribution is -2.44. The minimum absolute atomic E-state index is 0.0608. The molecule has 0 heterocycles. The molecule has 0 spiro atoms. The van der Waals surface area contributed by atoms with E-state index in [1.807, 2.05) is 0 Å². The van der Waals surface area contributed by atoms with E-state index < -0.39 is 11.6 Å². The maximum absolute atomic E-state index is 11.5. The average Bonchev–Trinajstić information content (AvgIpc) is 2.81. The predicted octanol–water partition coefficient (Wildman–Crippen LogP) is 5.16. The summed E-state index contributed by atoms with van der Waals surface area (Å²) in [7, 11) is 0. The summed E-state index contributed by atoms with van der Waals surface area (Å²) in [5.74, 6) is 0.0608. The smallest absolute Gasteiger partial charge is 0.102 e. The number of hydrogen-bond acceptors (Lipinski definition) is 2. The molecule has 0 fully saturated rings. The van der Waals surface area contributed by atoms with Crippen molar-refractivity contribution in [3.8, 4) is 0 Å². The van der Waals surface area contributed by atoms with Gasteiger partial charge in [0.25, 0.3) is 0 Å². The molecular formula is C24H33NO. The minimum Gasteiger partial charge on any atom is -0.386 e. The van der Waals surface area contributed by atoms with Gasteiger partial charge in [0.05, 0.1) is 5.54 Å². The van der Waals surface area contributed by atoms with Crippen molar-refractivity contribution in [1.82, 2.24) is 0 Å². The fourth-order valence-electron chi connectivity index (χ4n) is 5.04. The van der Waals surface area contributed by atoms with Crippen molar-refractivity contribution < 1.29 is 5.11 Å². The summed E-state index contributed by atoms with van der Waals surface area (Å²) < 4.78 is 0. The molecule has 1 aliphatic rings. The van der Waals surface area contributed by atoms with E-state index in [-0.39, 0.29) is 5.92 Å². The quantitative estimate of drug-likeness (QED) is 0.745. The van der Waals surface area contributed by atoms with Gasteiger partial charge >= 0.3 is 0 Å².